The van der Waals surface area contributed by atoms with E-state index in [4.69, 9.17) is 16.6 Å². The maximum atomic E-state index is 13.2. The van der Waals surface area contributed by atoms with Gasteiger partial charge in [-0.15, -0.1) is 0 Å². The second kappa shape index (κ2) is 8.93. The first-order valence-electron chi connectivity index (χ1n) is 9.47. The fourth-order valence-electron chi connectivity index (χ4n) is 3.12. The van der Waals surface area contributed by atoms with E-state index in [0.29, 0.717) is 11.6 Å². The summed E-state index contributed by atoms with van der Waals surface area (Å²) in [6.07, 6.45) is 9.41. The first-order valence-corrected chi connectivity index (χ1v) is 9.85. The minimum Gasteiger partial charge on any atom is -0.369 e. The molecule has 0 N–H and O–H groups in total. The largest absolute Gasteiger partial charge is 0.369 e. The Labute approximate surface area is 179 Å². The van der Waals surface area contributed by atoms with Crippen LogP contribution in [-0.2, 0) is 6.54 Å². The van der Waals surface area contributed by atoms with Gasteiger partial charge in [0.25, 0.3) is 0 Å². The van der Waals surface area contributed by atoms with E-state index in [-0.39, 0.29) is 5.82 Å². The Balaban J connectivity index is 1.66. The molecule has 0 bridgehead atoms. The van der Waals surface area contributed by atoms with Crippen LogP contribution in [0.25, 0.3) is 17.8 Å². The van der Waals surface area contributed by atoms with Crippen molar-refractivity contribution < 1.29 is 4.39 Å². The van der Waals surface area contributed by atoms with E-state index in [0.717, 1.165) is 28.5 Å². The van der Waals surface area contributed by atoms with Gasteiger partial charge in [-0.2, -0.15) is 0 Å². The van der Waals surface area contributed by atoms with Gasteiger partial charge >= 0.3 is 0 Å². The number of halogens is 2. The zero-order valence-corrected chi connectivity index (χ0v) is 17.2. The Morgan fingerprint density at radius 3 is 2.37 bits per heavy atom. The molecule has 0 spiro atoms. The van der Waals surface area contributed by atoms with Gasteiger partial charge in [0.15, 0.2) is 0 Å². The van der Waals surface area contributed by atoms with E-state index in [1.807, 2.05) is 66.4 Å². The number of hydrogen-bond acceptors (Lipinski definition) is 3. The average molecular weight is 419 g/mol. The lowest BCUT2D eigenvalue weighted by atomic mass is 10.2. The SMILES string of the molecule is CN(Cc1cn(-c2ccc(Cl)cc2)c(/C=C/c2ccc(F)cc2)n1)c1ccncc1. The smallest absolute Gasteiger partial charge is 0.137 e. The standard InChI is InChI=1S/C24H20ClFN4/c1-29(22-12-14-27-15-13-22)16-21-17-30(23-9-5-19(25)6-10-23)24(28-21)11-4-18-2-7-20(26)8-3-18/h2-15,17H,16H2,1H3/b11-4+. The van der Waals surface area contributed by atoms with Gasteiger partial charge in [-0.1, -0.05) is 29.8 Å². The molecule has 150 valence electrons. The van der Waals surface area contributed by atoms with Crippen LogP contribution in [0.4, 0.5) is 10.1 Å². The van der Waals surface area contributed by atoms with Crippen molar-refractivity contribution in [3.63, 3.8) is 0 Å². The van der Waals surface area contributed by atoms with E-state index in [1.54, 1.807) is 24.5 Å². The predicted octanol–water partition coefficient (Wildman–Crippen LogP) is 5.87. The first-order chi connectivity index (χ1) is 14.6. The summed E-state index contributed by atoms with van der Waals surface area (Å²) in [6.45, 7) is 0.641. The molecular formula is C24H20ClFN4. The van der Waals surface area contributed by atoms with Crippen LogP contribution >= 0.6 is 11.6 Å². The Bertz CT molecular complexity index is 1140. The number of hydrogen-bond donors (Lipinski definition) is 0. The number of nitrogens with zero attached hydrogens (tertiary/aromatic N) is 4. The van der Waals surface area contributed by atoms with Crippen LogP contribution in [0.3, 0.4) is 0 Å². The number of rotatable bonds is 6. The highest BCUT2D eigenvalue weighted by Gasteiger charge is 2.10. The molecule has 6 heteroatoms. The molecule has 4 aromatic rings. The van der Waals surface area contributed by atoms with E-state index < -0.39 is 0 Å². The van der Waals surface area contributed by atoms with Crippen LogP contribution in [0.5, 0.6) is 0 Å². The molecule has 0 amide bonds. The molecular weight excluding hydrogens is 399 g/mol. The maximum absolute atomic E-state index is 13.2. The van der Waals surface area contributed by atoms with Gasteiger partial charge in [-0.25, -0.2) is 9.37 Å². The third-order valence-corrected chi connectivity index (χ3v) is 4.94. The molecule has 4 rings (SSSR count). The Hall–Kier alpha value is -3.44. The third-order valence-electron chi connectivity index (χ3n) is 4.69. The first kappa shape index (κ1) is 19.9. The van der Waals surface area contributed by atoms with Gasteiger partial charge in [0.2, 0.25) is 0 Å². The predicted molar refractivity (Wildman–Crippen MR) is 120 cm³/mol. The molecule has 4 nitrogen and oxygen atoms in total. The van der Waals surface area contributed by atoms with Crippen LogP contribution in [0.15, 0.2) is 79.3 Å². The summed E-state index contributed by atoms with van der Waals surface area (Å²) in [5.41, 5.74) is 3.85. The molecule has 0 saturated heterocycles. The van der Waals surface area contributed by atoms with Crippen LogP contribution in [0, 0.1) is 5.82 Å². The number of anilines is 1. The van der Waals surface area contributed by atoms with Crippen molar-refractivity contribution in [3.8, 4) is 5.69 Å². The van der Waals surface area contributed by atoms with Crippen molar-refractivity contribution in [2.24, 2.45) is 0 Å². The van der Waals surface area contributed by atoms with Gasteiger partial charge in [-0.3, -0.25) is 9.55 Å². The van der Waals surface area contributed by atoms with Gasteiger partial charge in [0.05, 0.1) is 12.2 Å². The zero-order chi connectivity index (χ0) is 20.9. The monoisotopic (exact) mass is 418 g/mol. The van der Waals surface area contributed by atoms with E-state index >= 15 is 0 Å². The van der Waals surface area contributed by atoms with E-state index in [9.17, 15) is 4.39 Å². The zero-order valence-electron chi connectivity index (χ0n) is 16.4. The molecule has 0 saturated carbocycles. The molecule has 2 aromatic carbocycles. The van der Waals surface area contributed by atoms with Crippen molar-refractivity contribution in [1.29, 1.82) is 0 Å². The third kappa shape index (κ3) is 4.75. The number of aromatic nitrogens is 3. The molecule has 0 aliphatic rings. The van der Waals surface area contributed by atoms with Crippen molar-refractivity contribution in [3.05, 3.63) is 107 Å². The van der Waals surface area contributed by atoms with Crippen LogP contribution < -0.4 is 4.90 Å². The highest BCUT2D eigenvalue weighted by molar-refractivity contribution is 6.30. The molecule has 0 radical (unpaired) electrons. The second-order valence-corrected chi connectivity index (χ2v) is 7.32. The van der Waals surface area contributed by atoms with Gasteiger partial charge in [-0.05, 0) is 60.2 Å². The normalized spacial score (nSPS) is 11.2. The fraction of sp³-hybridized carbons (Fsp3) is 0.0833. The minimum atomic E-state index is -0.253. The minimum absolute atomic E-state index is 0.253. The summed E-state index contributed by atoms with van der Waals surface area (Å²) in [7, 11) is 2.02. The molecule has 30 heavy (non-hydrogen) atoms. The summed E-state index contributed by atoms with van der Waals surface area (Å²) < 4.78 is 15.2. The second-order valence-electron chi connectivity index (χ2n) is 6.88. The average Bonchev–Trinajstić information content (AvgIpc) is 3.17. The summed E-state index contributed by atoms with van der Waals surface area (Å²) in [5, 5.41) is 0.680. The number of benzene rings is 2. The summed E-state index contributed by atoms with van der Waals surface area (Å²) in [4.78, 5) is 11.0. The Morgan fingerprint density at radius 2 is 1.67 bits per heavy atom. The number of pyridine rings is 1. The lowest BCUT2D eigenvalue weighted by molar-refractivity contribution is 0.628. The molecule has 2 heterocycles. The molecule has 0 unspecified atom stereocenters. The van der Waals surface area contributed by atoms with E-state index in [2.05, 4.69) is 9.88 Å². The van der Waals surface area contributed by atoms with Gasteiger partial charge in [0, 0.05) is 42.0 Å². The highest BCUT2D eigenvalue weighted by Crippen LogP contribution is 2.20. The van der Waals surface area contributed by atoms with Crippen molar-refractivity contribution >= 4 is 29.4 Å². The lowest BCUT2D eigenvalue weighted by Gasteiger charge is -2.17. The lowest BCUT2D eigenvalue weighted by Crippen LogP contribution is -2.16. The summed E-state index contributed by atoms with van der Waals surface area (Å²) in [6, 6.07) is 17.9. The number of imidazole rings is 1. The van der Waals surface area contributed by atoms with Gasteiger partial charge < -0.3 is 4.90 Å². The molecule has 0 aliphatic heterocycles. The van der Waals surface area contributed by atoms with Crippen LogP contribution in [0.2, 0.25) is 5.02 Å². The quantitative estimate of drug-likeness (QED) is 0.393. The van der Waals surface area contributed by atoms with Crippen molar-refractivity contribution in [2.75, 3.05) is 11.9 Å². The molecule has 0 atom stereocenters. The maximum Gasteiger partial charge on any atom is 0.137 e. The van der Waals surface area contributed by atoms with E-state index in [1.165, 1.54) is 12.1 Å². The fourth-order valence-corrected chi connectivity index (χ4v) is 3.25. The molecule has 0 aliphatic carbocycles. The van der Waals surface area contributed by atoms with Crippen molar-refractivity contribution in [1.82, 2.24) is 14.5 Å². The Kier molecular flexibility index (Phi) is 5.91. The van der Waals surface area contributed by atoms with Gasteiger partial charge in [0.1, 0.15) is 11.6 Å². The van der Waals surface area contributed by atoms with Crippen LogP contribution in [0.1, 0.15) is 17.1 Å². The summed E-state index contributed by atoms with van der Waals surface area (Å²) >= 11 is 6.05. The highest BCUT2D eigenvalue weighted by atomic mass is 35.5. The topological polar surface area (TPSA) is 34.0 Å². The van der Waals surface area contributed by atoms with Crippen LogP contribution in [-0.4, -0.2) is 21.6 Å². The van der Waals surface area contributed by atoms with Crippen molar-refractivity contribution in [2.45, 2.75) is 6.54 Å². The Morgan fingerprint density at radius 1 is 0.967 bits per heavy atom. The summed E-state index contributed by atoms with van der Waals surface area (Å²) in [5.74, 6) is 0.524. The molecule has 2 aromatic heterocycles. The molecule has 0 fully saturated rings.